The maximum atomic E-state index is 13.3. The number of carbonyl (C=O) groups excluding carboxylic acids is 2. The molecule has 1 aliphatic rings. The van der Waals surface area contributed by atoms with Gasteiger partial charge in [0.25, 0.3) is 11.7 Å². The standard InChI is InChI=1S/C30H26N2O4S/c1-19-13-15-37-29(19)26-25(28(34)30(35)32(26)17-23-10-6-7-14-31-23)27(33)22-11-12-24(20(2)16-22)36-18-21-8-4-3-5-9-21/h3-16,26,33H,17-18H2,1-2H3/b27-25-. The number of ketones is 1. The second-order valence-electron chi connectivity index (χ2n) is 8.97. The number of nitrogens with zero attached hydrogens (tertiary/aromatic N) is 2. The first kappa shape index (κ1) is 24.5. The molecule has 1 unspecified atom stereocenters. The molecular weight excluding hydrogens is 484 g/mol. The number of aryl methyl sites for hydroxylation is 2. The topological polar surface area (TPSA) is 79.7 Å². The van der Waals surface area contributed by atoms with Crippen LogP contribution in [0.15, 0.2) is 89.9 Å². The van der Waals surface area contributed by atoms with Crippen LogP contribution in [0.2, 0.25) is 0 Å². The molecule has 3 heterocycles. The maximum Gasteiger partial charge on any atom is 0.296 e. The molecule has 1 aliphatic heterocycles. The molecule has 5 rings (SSSR count). The predicted molar refractivity (Wildman–Crippen MR) is 143 cm³/mol. The SMILES string of the molecule is Cc1cc(/C(O)=C2/C(=O)C(=O)N(Cc3ccccn3)C2c2sccc2C)ccc1OCc1ccccc1. The van der Waals surface area contributed by atoms with E-state index in [2.05, 4.69) is 4.98 Å². The Hall–Kier alpha value is -4.23. The number of ether oxygens (including phenoxy) is 1. The lowest BCUT2D eigenvalue weighted by Gasteiger charge is -2.24. The molecule has 0 radical (unpaired) electrons. The van der Waals surface area contributed by atoms with Gasteiger partial charge >= 0.3 is 0 Å². The van der Waals surface area contributed by atoms with Gasteiger partial charge in [0.05, 0.1) is 17.8 Å². The van der Waals surface area contributed by atoms with Crippen molar-refractivity contribution in [1.29, 1.82) is 0 Å². The molecule has 186 valence electrons. The van der Waals surface area contributed by atoms with Crippen LogP contribution in [-0.2, 0) is 22.7 Å². The highest BCUT2D eigenvalue weighted by atomic mass is 32.1. The number of rotatable bonds is 7. The molecule has 0 bridgehead atoms. The summed E-state index contributed by atoms with van der Waals surface area (Å²) in [5.74, 6) is -0.864. The molecule has 2 aromatic carbocycles. The molecule has 0 aliphatic carbocycles. The van der Waals surface area contributed by atoms with Gasteiger partial charge in [-0.3, -0.25) is 14.6 Å². The lowest BCUT2D eigenvalue weighted by atomic mass is 9.97. The van der Waals surface area contributed by atoms with Crippen molar-refractivity contribution in [2.24, 2.45) is 0 Å². The zero-order chi connectivity index (χ0) is 25.9. The number of pyridine rings is 1. The van der Waals surface area contributed by atoms with E-state index in [0.29, 0.717) is 23.6 Å². The largest absolute Gasteiger partial charge is 0.507 e. The minimum absolute atomic E-state index is 0.0869. The van der Waals surface area contributed by atoms with E-state index in [9.17, 15) is 14.7 Å². The van der Waals surface area contributed by atoms with Gasteiger partial charge in [-0.05, 0) is 72.3 Å². The van der Waals surface area contributed by atoms with Crippen LogP contribution in [0.5, 0.6) is 5.75 Å². The zero-order valence-corrected chi connectivity index (χ0v) is 21.4. The summed E-state index contributed by atoms with van der Waals surface area (Å²) in [6.07, 6.45) is 1.65. The van der Waals surface area contributed by atoms with E-state index in [-0.39, 0.29) is 17.9 Å². The van der Waals surface area contributed by atoms with Gasteiger partial charge in [0.15, 0.2) is 0 Å². The molecule has 6 nitrogen and oxygen atoms in total. The first-order chi connectivity index (χ1) is 17.9. The van der Waals surface area contributed by atoms with E-state index < -0.39 is 17.7 Å². The predicted octanol–water partition coefficient (Wildman–Crippen LogP) is 5.96. The Morgan fingerprint density at radius 1 is 1.00 bits per heavy atom. The summed E-state index contributed by atoms with van der Waals surface area (Å²) >= 11 is 1.46. The van der Waals surface area contributed by atoms with E-state index in [4.69, 9.17) is 4.74 Å². The summed E-state index contributed by atoms with van der Waals surface area (Å²) in [5.41, 5.74) is 4.03. The van der Waals surface area contributed by atoms with Crippen molar-refractivity contribution in [2.45, 2.75) is 33.0 Å². The van der Waals surface area contributed by atoms with E-state index in [1.165, 1.54) is 16.2 Å². The van der Waals surface area contributed by atoms with E-state index in [1.807, 2.05) is 67.8 Å². The smallest absolute Gasteiger partial charge is 0.296 e. The highest BCUT2D eigenvalue weighted by molar-refractivity contribution is 7.10. The first-order valence-electron chi connectivity index (χ1n) is 11.9. The number of carbonyl (C=O) groups is 2. The van der Waals surface area contributed by atoms with Gasteiger partial charge in [-0.25, -0.2) is 0 Å². The molecule has 7 heteroatoms. The number of thiophene rings is 1. The molecule has 37 heavy (non-hydrogen) atoms. The van der Waals surface area contributed by atoms with Gasteiger partial charge in [-0.1, -0.05) is 36.4 Å². The normalized spacial score (nSPS) is 16.8. The fourth-order valence-corrected chi connectivity index (χ4v) is 5.54. The van der Waals surface area contributed by atoms with Crippen molar-refractivity contribution >= 4 is 28.8 Å². The fraction of sp³-hybridized carbons (Fsp3) is 0.167. The average molecular weight is 511 g/mol. The van der Waals surface area contributed by atoms with Crippen molar-refractivity contribution in [2.75, 3.05) is 0 Å². The van der Waals surface area contributed by atoms with Crippen molar-refractivity contribution in [3.05, 3.63) is 123 Å². The molecule has 0 saturated carbocycles. The van der Waals surface area contributed by atoms with E-state index >= 15 is 0 Å². The highest BCUT2D eigenvalue weighted by Gasteiger charge is 2.47. The number of hydrogen-bond acceptors (Lipinski definition) is 6. The minimum atomic E-state index is -0.701. The van der Waals surface area contributed by atoms with Crippen LogP contribution in [-0.4, -0.2) is 26.7 Å². The maximum absolute atomic E-state index is 13.3. The Balaban J connectivity index is 1.51. The Kier molecular flexibility index (Phi) is 6.88. The van der Waals surface area contributed by atoms with Gasteiger partial charge in [0, 0.05) is 16.6 Å². The van der Waals surface area contributed by atoms with Crippen LogP contribution in [0.4, 0.5) is 0 Å². The average Bonchev–Trinajstić information content (AvgIpc) is 3.44. The van der Waals surface area contributed by atoms with Crippen molar-refractivity contribution in [1.82, 2.24) is 9.88 Å². The second-order valence-corrected chi connectivity index (χ2v) is 9.92. The third kappa shape index (κ3) is 4.90. The summed E-state index contributed by atoms with van der Waals surface area (Å²) in [4.78, 5) is 33.2. The van der Waals surface area contributed by atoms with E-state index in [0.717, 1.165) is 21.6 Å². The number of aliphatic hydroxyl groups excluding tert-OH is 1. The molecule has 4 aromatic rings. The van der Waals surface area contributed by atoms with Crippen molar-refractivity contribution in [3.63, 3.8) is 0 Å². The summed E-state index contributed by atoms with van der Waals surface area (Å²) in [7, 11) is 0. The molecule has 1 N–H and O–H groups in total. The molecule has 1 saturated heterocycles. The Morgan fingerprint density at radius 2 is 1.78 bits per heavy atom. The van der Waals surface area contributed by atoms with Crippen LogP contribution in [0.1, 0.15) is 38.9 Å². The van der Waals surface area contributed by atoms with Crippen molar-refractivity contribution < 1.29 is 19.4 Å². The van der Waals surface area contributed by atoms with Crippen molar-refractivity contribution in [3.8, 4) is 5.75 Å². The third-order valence-electron chi connectivity index (χ3n) is 6.43. The van der Waals surface area contributed by atoms with Crippen LogP contribution in [0, 0.1) is 13.8 Å². The van der Waals surface area contributed by atoms with Gasteiger partial charge < -0.3 is 14.7 Å². The lowest BCUT2D eigenvalue weighted by Crippen LogP contribution is -2.29. The van der Waals surface area contributed by atoms with Crippen LogP contribution in [0.25, 0.3) is 5.76 Å². The molecular formula is C30H26N2O4S. The number of aromatic nitrogens is 1. The Bertz CT molecular complexity index is 1480. The first-order valence-corrected chi connectivity index (χ1v) is 12.8. The molecule has 1 amide bonds. The molecule has 0 spiro atoms. The number of aliphatic hydroxyl groups is 1. The Morgan fingerprint density at radius 3 is 2.46 bits per heavy atom. The number of Topliss-reactive ketones (excluding diaryl/α,β-unsaturated/α-hetero) is 1. The summed E-state index contributed by atoms with van der Waals surface area (Å²) < 4.78 is 5.97. The van der Waals surface area contributed by atoms with Crippen LogP contribution >= 0.6 is 11.3 Å². The third-order valence-corrected chi connectivity index (χ3v) is 7.51. The van der Waals surface area contributed by atoms with Crippen LogP contribution < -0.4 is 4.74 Å². The molecule has 2 aromatic heterocycles. The molecule has 1 atom stereocenters. The van der Waals surface area contributed by atoms with Crippen LogP contribution in [0.3, 0.4) is 0 Å². The van der Waals surface area contributed by atoms with E-state index in [1.54, 1.807) is 30.5 Å². The number of amides is 1. The highest BCUT2D eigenvalue weighted by Crippen LogP contribution is 2.43. The monoisotopic (exact) mass is 510 g/mol. The number of benzene rings is 2. The minimum Gasteiger partial charge on any atom is -0.507 e. The van der Waals surface area contributed by atoms with Gasteiger partial charge in [0.2, 0.25) is 0 Å². The summed E-state index contributed by atoms with van der Waals surface area (Å²) in [6, 6.07) is 21.8. The Labute approximate surface area is 219 Å². The number of hydrogen-bond donors (Lipinski definition) is 1. The quantitative estimate of drug-likeness (QED) is 0.189. The summed E-state index contributed by atoms with van der Waals surface area (Å²) in [6.45, 7) is 4.41. The second kappa shape index (κ2) is 10.4. The van der Waals surface area contributed by atoms with Gasteiger partial charge in [-0.2, -0.15) is 0 Å². The summed E-state index contributed by atoms with van der Waals surface area (Å²) in [5, 5.41) is 13.3. The lowest BCUT2D eigenvalue weighted by molar-refractivity contribution is -0.140. The molecule has 1 fully saturated rings. The van der Waals surface area contributed by atoms with Gasteiger partial charge in [-0.15, -0.1) is 11.3 Å². The zero-order valence-electron chi connectivity index (χ0n) is 20.5. The number of likely N-dealkylation sites (tertiary alicyclic amines) is 1. The van der Waals surface area contributed by atoms with Gasteiger partial charge in [0.1, 0.15) is 24.2 Å². The fourth-order valence-electron chi connectivity index (χ4n) is 4.50.